The average Bonchev–Trinajstić information content (AvgIpc) is 2.59. The van der Waals surface area contributed by atoms with Crippen molar-refractivity contribution >= 4 is 13.4 Å². The molecule has 2 heterocycles. The lowest BCUT2D eigenvalue weighted by Crippen LogP contribution is -3.18. The fourth-order valence-corrected chi connectivity index (χ4v) is 7.23. The number of halogens is 2. The number of rotatable bonds is 0. The van der Waals surface area contributed by atoms with E-state index in [1.807, 2.05) is 6.07 Å². The van der Waals surface area contributed by atoms with Crippen molar-refractivity contribution in [3.8, 4) is 5.75 Å². The second-order valence-corrected chi connectivity index (χ2v) is 12.8. The second-order valence-electron chi connectivity index (χ2n) is 10.4. The number of nitrogens with zero attached hydrogens (tertiary/aromatic N) is 1. The molecule has 0 aromatic heterocycles. The first-order chi connectivity index (χ1) is 13.4. The number of quaternary nitrogens is 1. The monoisotopic (exact) mass is 450 g/mol. The molecule has 2 aliphatic heterocycles. The first kappa shape index (κ1) is 23.5. The van der Waals surface area contributed by atoms with Crippen molar-refractivity contribution in [2.45, 2.75) is 78.5 Å². The zero-order chi connectivity index (χ0) is 21.3. The van der Waals surface area contributed by atoms with Gasteiger partial charge in [-0.25, -0.2) is 4.39 Å². The molecule has 4 rings (SSSR count). The standard InChI is InChI=1S/C24H32FN2OP.ClH/c1-15-11-18(23(3,4)5)13-20-16(2)29-21-10-9-19(25)12-17(21)14-26(24(6,7)8)27(29)28-22(15)20;/h9-13,16H,14H2,1-8H3;1H. The van der Waals surface area contributed by atoms with Crippen molar-refractivity contribution in [1.29, 1.82) is 0 Å². The van der Waals surface area contributed by atoms with E-state index in [0.717, 1.165) is 16.3 Å². The molecule has 0 saturated heterocycles. The van der Waals surface area contributed by atoms with Gasteiger partial charge in [0.25, 0.3) is 0 Å². The molecule has 2 aliphatic rings. The molecule has 0 amide bonds. The molecule has 3 atom stereocenters. The van der Waals surface area contributed by atoms with Gasteiger partial charge in [0.2, 0.25) is 8.07 Å². The summed E-state index contributed by atoms with van der Waals surface area (Å²) in [5.41, 5.74) is 5.22. The maximum atomic E-state index is 14.1. The topological polar surface area (TPSA) is 16.9 Å². The molecule has 1 N–H and O–H groups in total. The summed E-state index contributed by atoms with van der Waals surface area (Å²) >= 11 is 0. The Balaban J connectivity index is 0.00000256. The fourth-order valence-electron chi connectivity index (χ4n) is 4.30. The molecule has 0 radical (unpaired) electrons. The summed E-state index contributed by atoms with van der Waals surface area (Å²) in [6, 6.07) is 9.91. The molecule has 6 heteroatoms. The van der Waals surface area contributed by atoms with Gasteiger partial charge >= 0.3 is 0 Å². The molecule has 0 saturated carbocycles. The normalized spacial score (nSPS) is 23.6. The molecule has 30 heavy (non-hydrogen) atoms. The first-order valence-corrected chi connectivity index (χ1v) is 11.8. The van der Waals surface area contributed by atoms with Crippen LogP contribution in [0.4, 0.5) is 4.39 Å². The number of nitrogens with one attached hydrogen (secondary N) is 1. The molecule has 0 fully saturated rings. The highest BCUT2D eigenvalue weighted by atomic mass is 35.5. The number of hydrogen-bond acceptors (Lipinski definition) is 2. The van der Waals surface area contributed by atoms with Crippen molar-refractivity contribution in [3.63, 3.8) is 0 Å². The highest BCUT2D eigenvalue weighted by molar-refractivity contribution is 7.59. The minimum Gasteiger partial charge on any atom is -1.00 e. The first-order valence-electron chi connectivity index (χ1n) is 10.4. The van der Waals surface area contributed by atoms with Crippen molar-refractivity contribution in [3.05, 3.63) is 58.4 Å². The van der Waals surface area contributed by atoms with Gasteiger partial charge in [0.1, 0.15) is 5.82 Å². The lowest BCUT2D eigenvalue weighted by atomic mass is 9.84. The van der Waals surface area contributed by atoms with E-state index in [-0.39, 0.29) is 29.2 Å². The molecule has 3 nitrogen and oxygen atoms in total. The van der Waals surface area contributed by atoms with E-state index in [1.54, 1.807) is 12.1 Å². The average molecular weight is 451 g/mol. The Hall–Kier alpha value is -1.19. The highest BCUT2D eigenvalue weighted by Crippen LogP contribution is 2.53. The third-order valence-corrected chi connectivity index (χ3v) is 8.83. The summed E-state index contributed by atoms with van der Waals surface area (Å²) in [5.74, 6) is 0.854. The molecule has 0 spiro atoms. The van der Waals surface area contributed by atoms with Gasteiger partial charge in [-0.1, -0.05) is 37.8 Å². The Bertz CT molecular complexity index is 967. The molecule has 164 valence electrons. The zero-order valence-corrected chi connectivity index (χ0v) is 20.9. The van der Waals surface area contributed by atoms with Gasteiger partial charge in [0, 0.05) is 10.9 Å². The van der Waals surface area contributed by atoms with E-state index in [0.29, 0.717) is 12.2 Å². The smallest absolute Gasteiger partial charge is 0.206 e. The van der Waals surface area contributed by atoms with Gasteiger partial charge in [-0.05, 0) is 74.9 Å². The fraction of sp³-hybridized carbons (Fsp3) is 0.500. The van der Waals surface area contributed by atoms with E-state index in [2.05, 4.69) is 72.5 Å². The zero-order valence-electron chi connectivity index (χ0n) is 19.2. The maximum absolute atomic E-state index is 14.1. The van der Waals surface area contributed by atoms with E-state index < -0.39 is 8.07 Å². The Morgan fingerprint density at radius 2 is 1.77 bits per heavy atom. The molecule has 2 aromatic rings. The van der Waals surface area contributed by atoms with Gasteiger partial charge in [0.15, 0.2) is 5.75 Å². The van der Waals surface area contributed by atoms with Crippen LogP contribution in [0.25, 0.3) is 0 Å². The van der Waals surface area contributed by atoms with Gasteiger partial charge in [-0.2, -0.15) is 0 Å². The van der Waals surface area contributed by atoms with E-state index in [1.165, 1.54) is 22.0 Å². The maximum Gasteiger partial charge on any atom is 0.206 e. The molecular weight excluding hydrogens is 418 g/mol. The predicted molar refractivity (Wildman–Crippen MR) is 118 cm³/mol. The van der Waals surface area contributed by atoms with Crippen molar-refractivity contribution in [1.82, 2.24) is 5.01 Å². The van der Waals surface area contributed by atoms with Gasteiger partial charge in [-0.15, -0.1) is 5.01 Å². The van der Waals surface area contributed by atoms with Crippen LogP contribution < -0.4 is 27.5 Å². The Kier molecular flexibility index (Phi) is 6.06. The van der Waals surface area contributed by atoms with Crippen LogP contribution in [-0.4, -0.2) is 10.5 Å². The summed E-state index contributed by atoms with van der Waals surface area (Å²) in [7, 11) is -0.733. The van der Waals surface area contributed by atoms with Crippen LogP contribution in [0.1, 0.15) is 76.4 Å². The van der Waals surface area contributed by atoms with Gasteiger partial charge in [-0.3, -0.25) is 4.84 Å². The highest BCUT2D eigenvalue weighted by Gasteiger charge is 2.52. The van der Waals surface area contributed by atoms with Crippen LogP contribution in [-0.2, 0) is 12.0 Å². The van der Waals surface area contributed by atoms with Crippen LogP contribution in [0.15, 0.2) is 30.3 Å². The molecule has 2 aromatic carbocycles. The molecule has 3 unspecified atom stereocenters. The summed E-state index contributed by atoms with van der Waals surface area (Å²) in [6.45, 7) is 18.5. The number of hydrogen-bond donors (Lipinski definition) is 1. The molecule has 0 bridgehead atoms. The van der Waals surface area contributed by atoms with E-state index in [9.17, 15) is 4.39 Å². The van der Waals surface area contributed by atoms with Gasteiger partial charge in [0.05, 0.1) is 17.7 Å². The Morgan fingerprint density at radius 3 is 2.37 bits per heavy atom. The van der Waals surface area contributed by atoms with Crippen molar-refractivity contribution in [2.24, 2.45) is 0 Å². The minimum absolute atomic E-state index is 0. The van der Waals surface area contributed by atoms with E-state index in [4.69, 9.17) is 4.84 Å². The quantitative estimate of drug-likeness (QED) is 0.618. The van der Waals surface area contributed by atoms with Gasteiger partial charge < -0.3 is 12.4 Å². The van der Waals surface area contributed by atoms with E-state index >= 15 is 0 Å². The number of aryl methyl sites for hydroxylation is 1. The lowest BCUT2D eigenvalue weighted by molar-refractivity contribution is -1.07. The summed E-state index contributed by atoms with van der Waals surface area (Å²) < 4.78 is 14.1. The van der Waals surface area contributed by atoms with Crippen molar-refractivity contribution in [2.75, 3.05) is 0 Å². The number of benzene rings is 2. The van der Waals surface area contributed by atoms with Crippen LogP contribution in [0, 0.1) is 12.7 Å². The Labute approximate surface area is 187 Å². The second kappa shape index (κ2) is 7.74. The summed E-state index contributed by atoms with van der Waals surface area (Å²) in [4.78, 5) is 7.78. The van der Waals surface area contributed by atoms with Crippen LogP contribution in [0.3, 0.4) is 0 Å². The van der Waals surface area contributed by atoms with Crippen LogP contribution in [0.5, 0.6) is 5.75 Å². The SMILES string of the molecule is Cc1cc(C(C)(C)C)cc2c1O[NH+]1N(C(C)(C)C)Cc3cc(F)ccc3P1C2C.[Cl-]. The largest absolute Gasteiger partial charge is 1.00 e. The van der Waals surface area contributed by atoms with Crippen LogP contribution in [0.2, 0.25) is 0 Å². The van der Waals surface area contributed by atoms with Crippen LogP contribution >= 0.6 is 8.07 Å². The molecular formula is C24H33ClFN2OP. The predicted octanol–water partition coefficient (Wildman–Crippen LogP) is 1.94. The summed E-state index contributed by atoms with van der Waals surface area (Å²) in [5, 5.41) is 3.60. The van der Waals surface area contributed by atoms with Crippen molar-refractivity contribution < 1.29 is 26.6 Å². The molecule has 0 aliphatic carbocycles. The Morgan fingerprint density at radius 1 is 1.10 bits per heavy atom. The minimum atomic E-state index is -0.733. The third kappa shape index (κ3) is 3.88. The summed E-state index contributed by atoms with van der Waals surface area (Å²) in [6.07, 6.45) is 0. The lowest BCUT2D eigenvalue weighted by Gasteiger charge is -2.48. The third-order valence-electron chi connectivity index (χ3n) is 6.08. The number of fused-ring (bicyclic) bond motifs is 4.